The number of benzene rings is 2. The second kappa shape index (κ2) is 7.01. The minimum absolute atomic E-state index is 0.0585. The summed E-state index contributed by atoms with van der Waals surface area (Å²) in [6.07, 6.45) is 2.29. The van der Waals surface area contributed by atoms with E-state index in [-0.39, 0.29) is 11.9 Å². The number of likely N-dealkylation sites (N-methyl/N-ethyl adjacent to an activating group) is 1. The molecule has 6 heteroatoms. The zero-order chi connectivity index (χ0) is 17.9. The van der Waals surface area contributed by atoms with Crippen molar-refractivity contribution in [1.82, 2.24) is 14.9 Å². The van der Waals surface area contributed by atoms with Gasteiger partial charge in [-0.3, -0.25) is 9.69 Å². The van der Waals surface area contributed by atoms with E-state index < -0.39 is 0 Å². The summed E-state index contributed by atoms with van der Waals surface area (Å²) < 4.78 is 5.92. The summed E-state index contributed by atoms with van der Waals surface area (Å²) in [7, 11) is 1.94. The van der Waals surface area contributed by atoms with Crippen LogP contribution in [-0.4, -0.2) is 33.9 Å². The molecule has 0 bridgehead atoms. The Kier molecular flexibility index (Phi) is 4.41. The van der Waals surface area contributed by atoms with Gasteiger partial charge in [-0.1, -0.05) is 30.3 Å². The average Bonchev–Trinajstić information content (AvgIpc) is 3.10. The molecule has 1 amide bonds. The lowest BCUT2D eigenvalue weighted by Gasteiger charge is -2.30. The molecule has 2 aromatic carbocycles. The van der Waals surface area contributed by atoms with Gasteiger partial charge in [0.2, 0.25) is 5.91 Å². The fourth-order valence-electron chi connectivity index (χ4n) is 3.14. The molecule has 0 aliphatic carbocycles. The van der Waals surface area contributed by atoms with Gasteiger partial charge in [0.05, 0.1) is 23.8 Å². The lowest BCUT2D eigenvalue weighted by atomic mass is 10.0. The number of para-hydroxylation sites is 3. The van der Waals surface area contributed by atoms with E-state index in [1.807, 2.05) is 66.5 Å². The van der Waals surface area contributed by atoms with Crippen LogP contribution < -0.4 is 10.1 Å². The lowest BCUT2D eigenvalue weighted by molar-refractivity contribution is -0.121. The maximum absolute atomic E-state index is 12.9. The fourth-order valence-corrected chi connectivity index (χ4v) is 3.14. The normalized spacial score (nSPS) is 16.7. The molecule has 132 valence electrons. The Morgan fingerprint density at radius 3 is 2.81 bits per heavy atom. The quantitative estimate of drug-likeness (QED) is 0.760. The van der Waals surface area contributed by atoms with E-state index >= 15 is 0 Å². The van der Waals surface area contributed by atoms with Crippen LogP contribution >= 0.6 is 0 Å². The van der Waals surface area contributed by atoms with Crippen molar-refractivity contribution in [3.63, 3.8) is 0 Å². The van der Waals surface area contributed by atoms with E-state index in [0.29, 0.717) is 24.4 Å². The van der Waals surface area contributed by atoms with Crippen molar-refractivity contribution in [2.75, 3.05) is 12.4 Å². The van der Waals surface area contributed by atoms with Gasteiger partial charge in [0, 0.05) is 18.7 Å². The Labute approximate surface area is 151 Å². The van der Waals surface area contributed by atoms with Gasteiger partial charge in [0.15, 0.2) is 5.75 Å². The van der Waals surface area contributed by atoms with Gasteiger partial charge < -0.3 is 15.0 Å². The molecule has 26 heavy (non-hydrogen) atoms. The van der Waals surface area contributed by atoms with E-state index in [2.05, 4.69) is 15.3 Å². The number of amides is 1. The number of nitrogens with zero attached hydrogens (tertiary/aromatic N) is 2. The molecular weight excluding hydrogens is 328 g/mol. The van der Waals surface area contributed by atoms with Crippen LogP contribution in [0.1, 0.15) is 11.4 Å². The minimum Gasteiger partial charge on any atom is -0.455 e. The highest BCUT2D eigenvalue weighted by atomic mass is 16.5. The summed E-state index contributed by atoms with van der Waals surface area (Å²) in [6.45, 7) is 0.652. The molecule has 0 saturated heterocycles. The largest absolute Gasteiger partial charge is 0.455 e. The summed E-state index contributed by atoms with van der Waals surface area (Å²) in [6, 6.07) is 16.7. The van der Waals surface area contributed by atoms with Crippen molar-refractivity contribution in [2.45, 2.75) is 19.0 Å². The van der Waals surface area contributed by atoms with Gasteiger partial charge in [0.25, 0.3) is 0 Å². The van der Waals surface area contributed by atoms with Crippen LogP contribution in [0.4, 0.5) is 5.69 Å². The minimum atomic E-state index is -0.257. The molecule has 4 rings (SSSR count). The molecule has 1 atom stereocenters. The fraction of sp³-hybridized carbons (Fsp3) is 0.200. The molecule has 6 nitrogen and oxygen atoms in total. The predicted octanol–water partition coefficient (Wildman–Crippen LogP) is 3.20. The molecular formula is C20H20N4O2. The van der Waals surface area contributed by atoms with E-state index in [9.17, 15) is 4.79 Å². The summed E-state index contributed by atoms with van der Waals surface area (Å²) >= 11 is 0. The number of rotatable bonds is 4. The summed E-state index contributed by atoms with van der Waals surface area (Å²) in [5, 5.41) is 3.01. The number of hydrogen-bond acceptors (Lipinski definition) is 4. The first-order chi connectivity index (χ1) is 12.7. The number of anilines is 1. The Hall–Kier alpha value is -3.12. The van der Waals surface area contributed by atoms with Crippen molar-refractivity contribution in [3.05, 3.63) is 72.3 Å². The molecule has 0 fully saturated rings. The summed E-state index contributed by atoms with van der Waals surface area (Å²) in [5.74, 6) is 1.29. The van der Waals surface area contributed by atoms with Crippen LogP contribution in [0, 0.1) is 0 Å². The number of H-pyrrole nitrogens is 1. The molecule has 1 aliphatic rings. The van der Waals surface area contributed by atoms with Crippen LogP contribution in [0.25, 0.3) is 0 Å². The Morgan fingerprint density at radius 1 is 1.19 bits per heavy atom. The third-order valence-electron chi connectivity index (χ3n) is 4.55. The van der Waals surface area contributed by atoms with E-state index in [0.717, 1.165) is 17.1 Å². The molecule has 0 saturated carbocycles. The van der Waals surface area contributed by atoms with Crippen molar-refractivity contribution in [2.24, 2.45) is 0 Å². The van der Waals surface area contributed by atoms with Crippen molar-refractivity contribution < 1.29 is 9.53 Å². The molecule has 2 heterocycles. The SMILES string of the molecule is CN1Cc2nc[nH]c2C[C@H]1C(=O)Nc1ccccc1Oc1ccccc1. The van der Waals surface area contributed by atoms with Gasteiger partial charge in [0.1, 0.15) is 5.75 Å². The number of nitrogens with one attached hydrogen (secondary N) is 2. The van der Waals surface area contributed by atoms with Gasteiger partial charge in [-0.15, -0.1) is 0 Å². The first-order valence-corrected chi connectivity index (χ1v) is 8.55. The van der Waals surface area contributed by atoms with Crippen LogP contribution in [0.5, 0.6) is 11.5 Å². The molecule has 0 unspecified atom stereocenters. The number of aromatic amines is 1. The number of hydrogen-bond donors (Lipinski definition) is 2. The van der Waals surface area contributed by atoms with Crippen LogP contribution in [0.15, 0.2) is 60.9 Å². The maximum Gasteiger partial charge on any atom is 0.242 e. The number of carbonyl (C=O) groups is 1. The second-order valence-electron chi connectivity index (χ2n) is 6.36. The van der Waals surface area contributed by atoms with Gasteiger partial charge >= 0.3 is 0 Å². The second-order valence-corrected chi connectivity index (χ2v) is 6.36. The third-order valence-corrected chi connectivity index (χ3v) is 4.55. The number of ether oxygens (including phenoxy) is 1. The van der Waals surface area contributed by atoms with E-state index in [1.54, 1.807) is 6.33 Å². The Balaban J connectivity index is 1.51. The van der Waals surface area contributed by atoms with Crippen LogP contribution in [0.2, 0.25) is 0 Å². The van der Waals surface area contributed by atoms with Gasteiger partial charge in [-0.2, -0.15) is 0 Å². The van der Waals surface area contributed by atoms with Gasteiger partial charge in [-0.05, 0) is 31.3 Å². The van der Waals surface area contributed by atoms with E-state index in [4.69, 9.17) is 4.74 Å². The zero-order valence-electron chi connectivity index (χ0n) is 14.5. The van der Waals surface area contributed by atoms with Crippen LogP contribution in [-0.2, 0) is 17.8 Å². The van der Waals surface area contributed by atoms with E-state index in [1.165, 1.54) is 0 Å². The summed E-state index contributed by atoms with van der Waals surface area (Å²) in [5.41, 5.74) is 2.69. The first kappa shape index (κ1) is 16.4. The van der Waals surface area contributed by atoms with Crippen molar-refractivity contribution in [3.8, 4) is 11.5 Å². The van der Waals surface area contributed by atoms with Crippen LogP contribution in [0.3, 0.4) is 0 Å². The highest BCUT2D eigenvalue weighted by Gasteiger charge is 2.30. The number of carbonyl (C=O) groups excluding carboxylic acids is 1. The van der Waals surface area contributed by atoms with Crippen molar-refractivity contribution >= 4 is 11.6 Å². The maximum atomic E-state index is 12.9. The molecule has 1 aliphatic heterocycles. The van der Waals surface area contributed by atoms with Gasteiger partial charge in [-0.25, -0.2) is 4.98 Å². The zero-order valence-corrected chi connectivity index (χ0v) is 14.5. The molecule has 1 aromatic heterocycles. The molecule has 3 aromatic rings. The Morgan fingerprint density at radius 2 is 1.96 bits per heavy atom. The lowest BCUT2D eigenvalue weighted by Crippen LogP contribution is -2.45. The predicted molar refractivity (Wildman–Crippen MR) is 99.1 cm³/mol. The number of imidazole rings is 1. The average molecular weight is 348 g/mol. The monoisotopic (exact) mass is 348 g/mol. The smallest absolute Gasteiger partial charge is 0.242 e. The van der Waals surface area contributed by atoms with Crippen molar-refractivity contribution in [1.29, 1.82) is 0 Å². The molecule has 0 radical (unpaired) electrons. The highest BCUT2D eigenvalue weighted by Crippen LogP contribution is 2.30. The summed E-state index contributed by atoms with van der Waals surface area (Å²) in [4.78, 5) is 22.3. The topological polar surface area (TPSA) is 70.2 Å². The number of fused-ring (bicyclic) bond motifs is 1. The number of aromatic nitrogens is 2. The Bertz CT molecular complexity index is 907. The highest BCUT2D eigenvalue weighted by molar-refractivity contribution is 5.96. The molecule has 0 spiro atoms. The first-order valence-electron chi connectivity index (χ1n) is 8.55. The molecule has 2 N–H and O–H groups in total. The third kappa shape index (κ3) is 3.32. The standard InChI is InChI=1S/C20H20N4O2/c1-24-12-17-16(21-13-22-17)11-18(24)20(25)23-15-9-5-6-10-19(15)26-14-7-3-2-4-8-14/h2-10,13,18H,11-12H2,1H3,(H,21,22)(H,23,25)/t18-/m0/s1.